The van der Waals surface area contributed by atoms with E-state index in [-0.39, 0.29) is 41.8 Å². The van der Waals surface area contributed by atoms with Crippen molar-refractivity contribution in [3.8, 4) is 0 Å². The Morgan fingerprint density at radius 1 is 1.21 bits per heavy atom. The molecule has 19 heavy (non-hydrogen) atoms. The van der Waals surface area contributed by atoms with Crippen LogP contribution < -0.4 is 5.32 Å². The first kappa shape index (κ1) is 16.7. The molecular formula is C12H23ClN2O3S. The molecule has 2 fully saturated rings. The summed E-state index contributed by atoms with van der Waals surface area (Å²) in [7, 11) is -1.03. The number of rotatable bonds is 2. The lowest BCUT2D eigenvalue weighted by Crippen LogP contribution is -2.47. The number of hydrogen-bond acceptors (Lipinski definition) is 4. The number of carbonyl (C=O) groups is 1. The van der Waals surface area contributed by atoms with Crippen molar-refractivity contribution in [1.82, 2.24) is 10.2 Å². The molecule has 7 heteroatoms. The van der Waals surface area contributed by atoms with Crippen molar-refractivity contribution in [2.75, 3.05) is 31.6 Å². The molecule has 0 aromatic rings. The van der Waals surface area contributed by atoms with Crippen LogP contribution in [0.1, 0.15) is 25.7 Å². The summed E-state index contributed by atoms with van der Waals surface area (Å²) >= 11 is 0. The summed E-state index contributed by atoms with van der Waals surface area (Å²) in [6.07, 6.45) is 3.17. The van der Waals surface area contributed by atoms with E-state index in [0.717, 1.165) is 25.9 Å². The molecule has 1 unspecified atom stereocenters. The van der Waals surface area contributed by atoms with Crippen LogP contribution in [0.2, 0.25) is 0 Å². The molecule has 2 aliphatic rings. The Hall–Kier alpha value is -0.330. The highest BCUT2D eigenvalue weighted by Gasteiger charge is 2.31. The van der Waals surface area contributed by atoms with E-state index in [1.54, 1.807) is 4.90 Å². The van der Waals surface area contributed by atoms with Crippen LogP contribution in [0.25, 0.3) is 0 Å². The Morgan fingerprint density at radius 3 is 2.37 bits per heavy atom. The number of nitrogens with zero attached hydrogens (tertiary/aromatic N) is 1. The number of amides is 1. The van der Waals surface area contributed by atoms with Crippen LogP contribution in [0, 0.1) is 5.92 Å². The van der Waals surface area contributed by atoms with E-state index in [1.807, 2.05) is 7.05 Å². The summed E-state index contributed by atoms with van der Waals surface area (Å²) in [5, 5.41) is 3.24. The van der Waals surface area contributed by atoms with E-state index < -0.39 is 9.84 Å². The predicted octanol–water partition coefficient (Wildman–Crippen LogP) is 0.443. The SMILES string of the molecule is CN(C(=O)C1CCCNC1)C1CCS(=O)(=O)CC1.Cl. The van der Waals surface area contributed by atoms with Gasteiger partial charge in [0.1, 0.15) is 9.84 Å². The largest absolute Gasteiger partial charge is 0.342 e. The maximum Gasteiger partial charge on any atom is 0.226 e. The van der Waals surface area contributed by atoms with Crippen LogP contribution in [0.5, 0.6) is 0 Å². The van der Waals surface area contributed by atoms with Gasteiger partial charge in [-0.3, -0.25) is 4.79 Å². The molecule has 0 aromatic heterocycles. The first-order valence-corrected chi connectivity index (χ1v) is 8.49. The first-order chi connectivity index (χ1) is 8.49. The molecular weight excluding hydrogens is 288 g/mol. The van der Waals surface area contributed by atoms with E-state index in [4.69, 9.17) is 0 Å². The third kappa shape index (κ3) is 4.33. The highest BCUT2D eigenvalue weighted by Crippen LogP contribution is 2.20. The number of hydrogen-bond donors (Lipinski definition) is 1. The summed E-state index contributed by atoms with van der Waals surface area (Å²) in [6, 6.07) is 0.1000. The van der Waals surface area contributed by atoms with Crippen LogP contribution in [0.15, 0.2) is 0 Å². The average Bonchev–Trinajstić information content (AvgIpc) is 2.38. The van der Waals surface area contributed by atoms with Gasteiger partial charge in [0.05, 0.1) is 17.4 Å². The second-order valence-electron chi connectivity index (χ2n) is 5.38. The highest BCUT2D eigenvalue weighted by atomic mass is 35.5. The fourth-order valence-corrected chi connectivity index (χ4v) is 4.26. The van der Waals surface area contributed by atoms with Gasteiger partial charge in [0.15, 0.2) is 0 Å². The molecule has 5 nitrogen and oxygen atoms in total. The highest BCUT2D eigenvalue weighted by molar-refractivity contribution is 7.91. The monoisotopic (exact) mass is 310 g/mol. The van der Waals surface area contributed by atoms with E-state index in [1.165, 1.54) is 0 Å². The van der Waals surface area contributed by atoms with Gasteiger partial charge in [-0.2, -0.15) is 0 Å². The summed E-state index contributed by atoms with van der Waals surface area (Å²) in [5.74, 6) is 0.685. The number of sulfone groups is 1. The Morgan fingerprint density at radius 2 is 1.84 bits per heavy atom. The minimum absolute atomic E-state index is 0. The molecule has 0 radical (unpaired) electrons. The van der Waals surface area contributed by atoms with Crippen LogP contribution in [0.3, 0.4) is 0 Å². The van der Waals surface area contributed by atoms with Crippen molar-refractivity contribution >= 4 is 28.2 Å². The van der Waals surface area contributed by atoms with Crippen molar-refractivity contribution < 1.29 is 13.2 Å². The van der Waals surface area contributed by atoms with Gasteiger partial charge >= 0.3 is 0 Å². The number of carbonyl (C=O) groups excluding carboxylic acids is 1. The van der Waals surface area contributed by atoms with Crippen molar-refractivity contribution in [3.63, 3.8) is 0 Å². The van der Waals surface area contributed by atoms with Gasteiger partial charge < -0.3 is 10.2 Å². The molecule has 0 aliphatic carbocycles. The van der Waals surface area contributed by atoms with Gasteiger partial charge in [0.2, 0.25) is 5.91 Å². The van der Waals surface area contributed by atoms with Gasteiger partial charge in [0, 0.05) is 19.6 Å². The van der Waals surface area contributed by atoms with E-state index in [0.29, 0.717) is 12.8 Å². The maximum atomic E-state index is 12.3. The molecule has 112 valence electrons. The minimum Gasteiger partial charge on any atom is -0.342 e. The quantitative estimate of drug-likeness (QED) is 0.804. The standard InChI is InChI=1S/C12H22N2O3S.ClH/c1-14(11-4-7-18(16,17)8-5-11)12(15)10-3-2-6-13-9-10;/h10-11,13H,2-9H2,1H3;1H. The first-order valence-electron chi connectivity index (χ1n) is 6.67. The maximum absolute atomic E-state index is 12.3. The lowest BCUT2D eigenvalue weighted by Gasteiger charge is -2.34. The zero-order valence-corrected chi connectivity index (χ0v) is 12.9. The van der Waals surface area contributed by atoms with Gasteiger partial charge in [-0.05, 0) is 32.2 Å². The smallest absolute Gasteiger partial charge is 0.226 e. The fourth-order valence-electron chi connectivity index (χ4n) is 2.80. The summed E-state index contributed by atoms with van der Waals surface area (Å²) < 4.78 is 22.8. The Kier molecular flexibility index (Phi) is 6.08. The van der Waals surface area contributed by atoms with Crippen molar-refractivity contribution in [2.45, 2.75) is 31.7 Å². The zero-order chi connectivity index (χ0) is 13.2. The van der Waals surface area contributed by atoms with E-state index >= 15 is 0 Å². The van der Waals surface area contributed by atoms with Gasteiger partial charge in [0.25, 0.3) is 0 Å². The molecule has 2 heterocycles. The molecule has 0 spiro atoms. The lowest BCUT2D eigenvalue weighted by molar-refractivity contribution is -0.137. The van der Waals surface area contributed by atoms with E-state index in [9.17, 15) is 13.2 Å². The summed E-state index contributed by atoms with van der Waals surface area (Å²) in [5.41, 5.74) is 0. The number of piperidine rings is 1. The third-order valence-electron chi connectivity index (χ3n) is 4.07. The van der Waals surface area contributed by atoms with E-state index in [2.05, 4.69) is 5.32 Å². The molecule has 0 bridgehead atoms. The molecule has 1 amide bonds. The predicted molar refractivity (Wildman–Crippen MR) is 77.3 cm³/mol. The third-order valence-corrected chi connectivity index (χ3v) is 5.78. The van der Waals surface area contributed by atoms with Crippen LogP contribution in [-0.2, 0) is 14.6 Å². The number of nitrogens with one attached hydrogen (secondary N) is 1. The molecule has 0 saturated carbocycles. The Labute approximate surface area is 121 Å². The Bertz CT molecular complexity index is 393. The van der Waals surface area contributed by atoms with Crippen molar-refractivity contribution in [1.29, 1.82) is 0 Å². The zero-order valence-electron chi connectivity index (χ0n) is 11.3. The van der Waals surface area contributed by atoms with Crippen molar-refractivity contribution in [3.05, 3.63) is 0 Å². The molecule has 2 aliphatic heterocycles. The average molecular weight is 311 g/mol. The molecule has 1 N–H and O–H groups in total. The Balaban J connectivity index is 0.00000180. The van der Waals surface area contributed by atoms with Gasteiger partial charge in [-0.15, -0.1) is 12.4 Å². The van der Waals surface area contributed by atoms with Crippen LogP contribution >= 0.6 is 12.4 Å². The second-order valence-corrected chi connectivity index (χ2v) is 7.68. The summed E-state index contributed by atoms with van der Waals surface area (Å²) in [6.45, 7) is 1.75. The van der Waals surface area contributed by atoms with Gasteiger partial charge in [-0.1, -0.05) is 0 Å². The topological polar surface area (TPSA) is 66.5 Å². The van der Waals surface area contributed by atoms with Crippen LogP contribution in [-0.4, -0.2) is 56.9 Å². The molecule has 1 atom stereocenters. The van der Waals surface area contributed by atoms with Crippen molar-refractivity contribution in [2.24, 2.45) is 5.92 Å². The van der Waals surface area contributed by atoms with Crippen LogP contribution in [0.4, 0.5) is 0 Å². The summed E-state index contributed by atoms with van der Waals surface area (Å²) in [4.78, 5) is 14.1. The molecule has 2 rings (SSSR count). The van der Waals surface area contributed by atoms with Gasteiger partial charge in [-0.25, -0.2) is 8.42 Å². The second kappa shape index (κ2) is 6.90. The minimum atomic E-state index is -2.85. The number of halogens is 1. The lowest BCUT2D eigenvalue weighted by atomic mass is 9.97. The fraction of sp³-hybridized carbons (Fsp3) is 0.917. The molecule has 0 aromatic carbocycles. The normalized spacial score (nSPS) is 27.3. The molecule has 2 saturated heterocycles.